The number of nitrogens with zero attached hydrogens (tertiary/aromatic N) is 4. The van der Waals surface area contributed by atoms with Crippen molar-refractivity contribution < 1.29 is 4.39 Å². The third-order valence-electron chi connectivity index (χ3n) is 3.78. The summed E-state index contributed by atoms with van der Waals surface area (Å²) in [5.74, 6) is 1.18. The van der Waals surface area contributed by atoms with Gasteiger partial charge in [0.05, 0.1) is 5.69 Å². The fourth-order valence-corrected chi connectivity index (χ4v) is 2.99. The smallest absolute Gasteiger partial charge is 0.173 e. The molecule has 3 aromatic rings. The van der Waals surface area contributed by atoms with Crippen LogP contribution in [0.1, 0.15) is 13.8 Å². The summed E-state index contributed by atoms with van der Waals surface area (Å²) in [5, 5.41) is 18.5. The summed E-state index contributed by atoms with van der Waals surface area (Å²) >= 11 is 6.50. The lowest BCUT2D eigenvalue weighted by Crippen LogP contribution is -2.02. The molecule has 0 aliphatic rings. The van der Waals surface area contributed by atoms with Gasteiger partial charge in [-0.3, -0.25) is 4.68 Å². The summed E-state index contributed by atoms with van der Waals surface area (Å²) in [4.78, 5) is 8.35. The average molecular weight is 400 g/mol. The SMILES string of the molecule is CC(=N)/C=C(/C)Nc1cc(Nc2nn(C)c(-c3ccc(F)cc3)c2Cl)ncn1. The molecule has 0 radical (unpaired) electrons. The summed E-state index contributed by atoms with van der Waals surface area (Å²) in [6.45, 7) is 3.54. The molecule has 0 spiro atoms. The molecule has 0 atom stereocenters. The van der Waals surface area contributed by atoms with Gasteiger partial charge in [-0.15, -0.1) is 0 Å². The van der Waals surface area contributed by atoms with Crippen molar-refractivity contribution in [2.24, 2.45) is 7.05 Å². The van der Waals surface area contributed by atoms with Gasteiger partial charge in [-0.2, -0.15) is 5.10 Å². The van der Waals surface area contributed by atoms with Crippen LogP contribution in [0.5, 0.6) is 0 Å². The van der Waals surface area contributed by atoms with Gasteiger partial charge in [0.15, 0.2) is 5.82 Å². The monoisotopic (exact) mass is 399 g/mol. The molecule has 3 N–H and O–H groups in total. The minimum atomic E-state index is -0.316. The molecule has 0 saturated heterocycles. The van der Waals surface area contributed by atoms with Crippen LogP contribution in [0.15, 0.2) is 48.4 Å². The van der Waals surface area contributed by atoms with E-state index in [9.17, 15) is 4.39 Å². The van der Waals surface area contributed by atoms with Crippen molar-refractivity contribution in [3.8, 4) is 11.3 Å². The molecule has 0 bridgehead atoms. The minimum Gasteiger partial charge on any atom is -0.344 e. The Bertz CT molecular complexity index is 1040. The highest BCUT2D eigenvalue weighted by atomic mass is 35.5. The number of aryl methyl sites for hydroxylation is 1. The van der Waals surface area contributed by atoms with Gasteiger partial charge in [0.2, 0.25) is 0 Å². The number of aromatic nitrogens is 4. The zero-order valence-corrected chi connectivity index (χ0v) is 16.3. The average Bonchev–Trinajstić information content (AvgIpc) is 2.89. The fraction of sp³-hybridized carbons (Fsp3) is 0.158. The maximum atomic E-state index is 13.2. The highest BCUT2D eigenvalue weighted by Crippen LogP contribution is 2.34. The second-order valence-corrected chi connectivity index (χ2v) is 6.57. The molecule has 3 rings (SSSR count). The molecule has 0 unspecified atom stereocenters. The van der Waals surface area contributed by atoms with Gasteiger partial charge in [-0.05, 0) is 44.2 Å². The van der Waals surface area contributed by atoms with Gasteiger partial charge in [0.25, 0.3) is 0 Å². The highest BCUT2D eigenvalue weighted by Gasteiger charge is 2.17. The van der Waals surface area contributed by atoms with Crippen LogP contribution in [0.25, 0.3) is 11.3 Å². The quantitative estimate of drug-likeness (QED) is 0.519. The first-order valence-corrected chi connectivity index (χ1v) is 8.79. The molecule has 1 aromatic carbocycles. The summed E-state index contributed by atoms with van der Waals surface area (Å²) in [7, 11) is 1.76. The second kappa shape index (κ2) is 8.18. The molecule has 2 heterocycles. The summed E-state index contributed by atoms with van der Waals surface area (Å²) < 4.78 is 14.8. The lowest BCUT2D eigenvalue weighted by atomic mass is 10.1. The Morgan fingerprint density at radius 1 is 1.18 bits per heavy atom. The van der Waals surface area contributed by atoms with Crippen LogP contribution in [0.3, 0.4) is 0 Å². The van der Waals surface area contributed by atoms with Gasteiger partial charge < -0.3 is 16.0 Å². The molecule has 0 fully saturated rings. The Morgan fingerprint density at radius 2 is 1.86 bits per heavy atom. The van der Waals surface area contributed by atoms with Crippen molar-refractivity contribution in [3.05, 3.63) is 59.3 Å². The highest BCUT2D eigenvalue weighted by molar-refractivity contribution is 6.35. The first-order chi connectivity index (χ1) is 13.3. The number of hydrogen-bond donors (Lipinski definition) is 3. The van der Waals surface area contributed by atoms with Crippen molar-refractivity contribution >= 4 is 34.8 Å². The number of rotatable bonds is 6. The summed E-state index contributed by atoms with van der Waals surface area (Å²) in [6, 6.07) is 7.75. The Balaban J connectivity index is 1.85. The molecule has 0 amide bonds. The predicted octanol–water partition coefficient (Wildman–Crippen LogP) is 4.77. The van der Waals surface area contributed by atoms with Crippen LogP contribution < -0.4 is 10.6 Å². The number of nitrogens with one attached hydrogen (secondary N) is 3. The predicted molar refractivity (Wildman–Crippen MR) is 110 cm³/mol. The Morgan fingerprint density at radius 3 is 2.54 bits per heavy atom. The standard InChI is InChI=1S/C19H19ClFN7/c1-11(22)8-12(2)25-15-9-16(24-10-23-15)26-19-17(20)18(28(3)27-19)13-4-6-14(21)7-5-13/h4-10,22H,1-3H3,(H2,23,24,25,26,27)/b12-8-,22-11?. The van der Waals surface area contributed by atoms with Gasteiger partial charge in [0, 0.05) is 30.1 Å². The van der Waals surface area contributed by atoms with E-state index < -0.39 is 0 Å². The van der Waals surface area contributed by atoms with Crippen LogP contribution in [0, 0.1) is 11.2 Å². The van der Waals surface area contributed by atoms with E-state index in [1.54, 1.807) is 42.9 Å². The molecule has 0 aliphatic carbocycles. The zero-order chi connectivity index (χ0) is 20.3. The van der Waals surface area contributed by atoms with E-state index in [0.29, 0.717) is 33.9 Å². The zero-order valence-electron chi connectivity index (χ0n) is 15.6. The first kappa shape index (κ1) is 19.5. The molecule has 9 heteroatoms. The van der Waals surface area contributed by atoms with Gasteiger partial charge in [-0.1, -0.05) is 11.6 Å². The summed E-state index contributed by atoms with van der Waals surface area (Å²) in [6.07, 6.45) is 3.10. The second-order valence-electron chi connectivity index (χ2n) is 6.19. The van der Waals surface area contributed by atoms with Crippen LogP contribution >= 0.6 is 11.6 Å². The molecular formula is C19H19ClFN7. The van der Waals surface area contributed by atoms with Crippen molar-refractivity contribution in [1.82, 2.24) is 19.7 Å². The molecule has 2 aromatic heterocycles. The fourth-order valence-electron chi connectivity index (χ4n) is 2.68. The Kier molecular flexibility index (Phi) is 5.70. The van der Waals surface area contributed by atoms with Gasteiger partial charge >= 0.3 is 0 Å². The van der Waals surface area contributed by atoms with Crippen molar-refractivity contribution in [2.75, 3.05) is 10.6 Å². The molecule has 0 saturated carbocycles. The van der Waals surface area contributed by atoms with E-state index in [1.807, 2.05) is 6.92 Å². The largest absolute Gasteiger partial charge is 0.344 e. The summed E-state index contributed by atoms with van der Waals surface area (Å²) in [5.41, 5.74) is 2.64. The Labute approximate surface area is 166 Å². The van der Waals surface area contributed by atoms with Crippen LogP contribution in [-0.4, -0.2) is 25.5 Å². The van der Waals surface area contributed by atoms with E-state index >= 15 is 0 Å². The van der Waals surface area contributed by atoms with E-state index in [-0.39, 0.29) is 5.82 Å². The van der Waals surface area contributed by atoms with Crippen molar-refractivity contribution in [1.29, 1.82) is 5.41 Å². The first-order valence-electron chi connectivity index (χ1n) is 8.41. The van der Waals surface area contributed by atoms with Crippen LogP contribution in [0.4, 0.5) is 21.8 Å². The topological polar surface area (TPSA) is 91.5 Å². The van der Waals surface area contributed by atoms with Gasteiger partial charge in [-0.25, -0.2) is 14.4 Å². The van der Waals surface area contributed by atoms with Crippen molar-refractivity contribution in [2.45, 2.75) is 13.8 Å². The minimum absolute atomic E-state index is 0.316. The number of hydrogen-bond acceptors (Lipinski definition) is 6. The Hall–Kier alpha value is -3.26. The lowest BCUT2D eigenvalue weighted by molar-refractivity contribution is 0.628. The normalized spacial score (nSPS) is 11.4. The molecular weight excluding hydrogens is 381 g/mol. The molecule has 0 aliphatic heterocycles. The number of benzene rings is 1. The maximum absolute atomic E-state index is 13.2. The van der Waals surface area contributed by atoms with E-state index in [2.05, 4.69) is 25.7 Å². The molecule has 144 valence electrons. The number of halogens is 2. The third-order valence-corrected chi connectivity index (χ3v) is 4.14. The molecule has 28 heavy (non-hydrogen) atoms. The van der Waals surface area contributed by atoms with Crippen LogP contribution in [0.2, 0.25) is 5.02 Å². The number of anilines is 3. The molecule has 7 nitrogen and oxygen atoms in total. The number of allylic oxidation sites excluding steroid dienone is 2. The maximum Gasteiger partial charge on any atom is 0.173 e. The van der Waals surface area contributed by atoms with E-state index in [4.69, 9.17) is 17.0 Å². The van der Waals surface area contributed by atoms with Crippen LogP contribution in [-0.2, 0) is 7.05 Å². The van der Waals surface area contributed by atoms with E-state index in [0.717, 1.165) is 11.3 Å². The van der Waals surface area contributed by atoms with Gasteiger partial charge in [0.1, 0.15) is 28.8 Å². The lowest BCUT2D eigenvalue weighted by Gasteiger charge is -2.08. The van der Waals surface area contributed by atoms with Crippen molar-refractivity contribution in [3.63, 3.8) is 0 Å². The third kappa shape index (κ3) is 4.52. The van der Waals surface area contributed by atoms with E-state index in [1.165, 1.54) is 18.5 Å².